The molecule has 2 fully saturated rings. The van der Waals surface area contributed by atoms with Gasteiger partial charge in [0.2, 0.25) is 0 Å². The number of carbonyl (C=O) groups excluding carboxylic acids is 1. The Kier molecular flexibility index (Phi) is 5.60. The van der Waals surface area contributed by atoms with Crippen molar-refractivity contribution < 1.29 is 23.4 Å². The Morgan fingerprint density at radius 2 is 1.53 bits per heavy atom. The zero-order chi connectivity index (χ0) is 25.0. The molecular weight excluding hydrogens is 460 g/mol. The third kappa shape index (κ3) is 3.79. The largest absolute Gasteiger partial charge is 0.448 e. The number of aliphatic hydroxyl groups is 1. The highest BCUT2D eigenvalue weighted by molar-refractivity contribution is 5.79. The molecule has 0 aromatic heterocycles. The highest BCUT2D eigenvalue weighted by Gasteiger charge is 2.50. The van der Waals surface area contributed by atoms with E-state index in [-0.39, 0.29) is 48.2 Å². The van der Waals surface area contributed by atoms with Crippen LogP contribution in [0.4, 0.5) is 13.6 Å². The fraction of sp³-hybridized carbons (Fsp3) is 0.367. The summed E-state index contributed by atoms with van der Waals surface area (Å²) in [4.78, 5) is 15.0. The SMILES string of the molecule is Cc1ccc(CC2(O)CC3CCC(C2)N3C(=O)OCC2c3ccccc3-c3ccccc32)c(F)c1F. The monoisotopic (exact) mass is 489 g/mol. The van der Waals surface area contributed by atoms with Gasteiger partial charge in [-0.25, -0.2) is 13.6 Å². The molecule has 2 unspecified atom stereocenters. The molecule has 4 nitrogen and oxygen atoms in total. The van der Waals surface area contributed by atoms with Crippen molar-refractivity contribution in [2.24, 2.45) is 0 Å². The van der Waals surface area contributed by atoms with Gasteiger partial charge in [0, 0.05) is 24.4 Å². The minimum absolute atomic E-state index is 0.0138. The fourth-order valence-corrected chi connectivity index (χ4v) is 6.61. The van der Waals surface area contributed by atoms with Crippen LogP contribution in [-0.4, -0.2) is 40.4 Å². The molecule has 2 aliphatic heterocycles. The first-order chi connectivity index (χ1) is 17.3. The van der Waals surface area contributed by atoms with E-state index >= 15 is 0 Å². The molecule has 2 saturated heterocycles. The number of hydrogen-bond donors (Lipinski definition) is 1. The topological polar surface area (TPSA) is 49.8 Å². The molecule has 6 heteroatoms. The van der Waals surface area contributed by atoms with Crippen LogP contribution in [-0.2, 0) is 11.2 Å². The lowest BCUT2D eigenvalue weighted by Gasteiger charge is -2.43. The van der Waals surface area contributed by atoms with Gasteiger partial charge in [-0.05, 0) is 66.0 Å². The molecule has 1 aliphatic carbocycles. The van der Waals surface area contributed by atoms with Crippen molar-refractivity contribution in [3.8, 4) is 11.1 Å². The van der Waals surface area contributed by atoms with Crippen LogP contribution in [0.5, 0.6) is 0 Å². The third-order valence-corrected chi connectivity index (χ3v) is 8.27. The maximum absolute atomic E-state index is 14.5. The van der Waals surface area contributed by atoms with Crippen molar-refractivity contribution in [1.29, 1.82) is 0 Å². The normalized spacial score (nSPS) is 24.5. The summed E-state index contributed by atoms with van der Waals surface area (Å²) in [7, 11) is 0. The predicted octanol–water partition coefficient (Wildman–Crippen LogP) is 6.12. The van der Waals surface area contributed by atoms with E-state index in [0.717, 1.165) is 24.0 Å². The molecule has 0 saturated carbocycles. The Balaban J connectivity index is 1.15. The number of piperidine rings is 1. The van der Waals surface area contributed by atoms with Crippen LogP contribution in [0, 0.1) is 18.6 Å². The maximum atomic E-state index is 14.5. The highest BCUT2D eigenvalue weighted by Crippen LogP contribution is 2.46. The van der Waals surface area contributed by atoms with Gasteiger partial charge < -0.3 is 14.7 Å². The van der Waals surface area contributed by atoms with E-state index < -0.39 is 17.2 Å². The van der Waals surface area contributed by atoms with Crippen molar-refractivity contribution in [3.63, 3.8) is 0 Å². The van der Waals surface area contributed by atoms with E-state index in [4.69, 9.17) is 4.74 Å². The Labute approximate surface area is 209 Å². The van der Waals surface area contributed by atoms with Gasteiger partial charge in [0.15, 0.2) is 11.6 Å². The van der Waals surface area contributed by atoms with Crippen LogP contribution in [0.25, 0.3) is 11.1 Å². The number of benzene rings is 3. The Morgan fingerprint density at radius 1 is 0.944 bits per heavy atom. The van der Waals surface area contributed by atoms with Gasteiger partial charge in [0.05, 0.1) is 5.60 Å². The van der Waals surface area contributed by atoms with E-state index in [1.54, 1.807) is 11.0 Å². The number of ether oxygens (including phenoxy) is 1. The predicted molar refractivity (Wildman–Crippen MR) is 133 cm³/mol. The number of amides is 1. The molecule has 1 amide bonds. The van der Waals surface area contributed by atoms with Gasteiger partial charge in [-0.15, -0.1) is 0 Å². The Bertz CT molecular complexity index is 1280. The second-order valence-corrected chi connectivity index (χ2v) is 10.6. The minimum atomic E-state index is -1.19. The number of fused-ring (bicyclic) bond motifs is 5. The van der Waals surface area contributed by atoms with Gasteiger partial charge in [0.1, 0.15) is 6.61 Å². The zero-order valence-electron chi connectivity index (χ0n) is 20.2. The number of carbonyl (C=O) groups is 1. The smallest absolute Gasteiger partial charge is 0.410 e. The first-order valence-corrected chi connectivity index (χ1v) is 12.6. The fourth-order valence-electron chi connectivity index (χ4n) is 6.61. The number of rotatable bonds is 4. The quantitative estimate of drug-likeness (QED) is 0.480. The summed E-state index contributed by atoms with van der Waals surface area (Å²) in [5.74, 6) is -1.77. The van der Waals surface area contributed by atoms with E-state index in [0.29, 0.717) is 12.8 Å². The Hall–Kier alpha value is -3.25. The number of nitrogens with zero attached hydrogens (tertiary/aromatic N) is 1. The molecule has 2 bridgehead atoms. The van der Waals surface area contributed by atoms with Crippen molar-refractivity contribution in [2.75, 3.05) is 6.61 Å². The van der Waals surface area contributed by atoms with Crippen LogP contribution in [0.2, 0.25) is 0 Å². The van der Waals surface area contributed by atoms with E-state index in [2.05, 4.69) is 24.3 Å². The number of halogens is 2. The van der Waals surface area contributed by atoms with Crippen LogP contribution >= 0.6 is 0 Å². The summed E-state index contributed by atoms with van der Waals surface area (Å²) in [5.41, 5.74) is 3.91. The maximum Gasteiger partial charge on any atom is 0.410 e. The van der Waals surface area contributed by atoms with Crippen LogP contribution < -0.4 is 0 Å². The van der Waals surface area contributed by atoms with Gasteiger partial charge in [-0.3, -0.25) is 0 Å². The van der Waals surface area contributed by atoms with Crippen molar-refractivity contribution in [2.45, 2.75) is 62.6 Å². The molecule has 2 heterocycles. The third-order valence-electron chi connectivity index (χ3n) is 8.27. The summed E-state index contributed by atoms with van der Waals surface area (Å²) >= 11 is 0. The second kappa shape index (κ2) is 8.70. The van der Waals surface area contributed by atoms with Gasteiger partial charge in [0.25, 0.3) is 0 Å². The lowest BCUT2D eigenvalue weighted by molar-refractivity contribution is -0.0484. The van der Waals surface area contributed by atoms with Crippen LogP contribution in [0.3, 0.4) is 0 Å². The zero-order valence-corrected chi connectivity index (χ0v) is 20.2. The molecule has 1 N–H and O–H groups in total. The van der Waals surface area contributed by atoms with Crippen molar-refractivity contribution in [1.82, 2.24) is 4.90 Å². The van der Waals surface area contributed by atoms with Crippen molar-refractivity contribution in [3.05, 3.63) is 94.6 Å². The molecule has 3 aliphatic rings. The van der Waals surface area contributed by atoms with Crippen LogP contribution in [0.1, 0.15) is 53.9 Å². The number of hydrogen-bond acceptors (Lipinski definition) is 3. The summed E-state index contributed by atoms with van der Waals surface area (Å²) < 4.78 is 34.5. The second-order valence-electron chi connectivity index (χ2n) is 10.6. The van der Waals surface area contributed by atoms with E-state index in [1.165, 1.54) is 24.1 Å². The average molecular weight is 490 g/mol. The summed E-state index contributed by atoms with van der Waals surface area (Å²) in [6.45, 7) is 1.77. The van der Waals surface area contributed by atoms with Gasteiger partial charge in [-0.2, -0.15) is 0 Å². The van der Waals surface area contributed by atoms with E-state index in [1.807, 2.05) is 24.3 Å². The molecule has 36 heavy (non-hydrogen) atoms. The van der Waals surface area contributed by atoms with Crippen molar-refractivity contribution >= 4 is 6.09 Å². The minimum Gasteiger partial charge on any atom is -0.448 e. The molecule has 2 atom stereocenters. The summed E-state index contributed by atoms with van der Waals surface area (Å²) in [6, 6.07) is 19.2. The molecule has 186 valence electrons. The van der Waals surface area contributed by atoms with Gasteiger partial charge in [-0.1, -0.05) is 60.7 Å². The molecule has 0 radical (unpaired) electrons. The molecular formula is C30H29F2NO3. The average Bonchev–Trinajstić information content (AvgIpc) is 3.35. The molecule has 3 aromatic rings. The first-order valence-electron chi connectivity index (χ1n) is 12.6. The first kappa shape index (κ1) is 23.2. The molecule has 0 spiro atoms. The lowest BCUT2D eigenvalue weighted by atomic mass is 9.81. The molecule has 3 aromatic carbocycles. The summed E-state index contributed by atoms with van der Waals surface area (Å²) in [6.07, 6.45) is 1.84. The lowest BCUT2D eigenvalue weighted by Crippen LogP contribution is -2.54. The van der Waals surface area contributed by atoms with Crippen LogP contribution in [0.15, 0.2) is 60.7 Å². The highest BCUT2D eigenvalue weighted by atomic mass is 19.2. The standard InChI is InChI=1S/C30H29F2NO3/c1-18-10-11-19(28(32)27(18)31)14-30(35)15-20-12-13-21(16-30)33(20)29(34)36-17-26-24-8-4-2-6-22(24)23-7-3-5-9-25(23)26/h2-11,20-21,26,35H,12-17H2,1H3. The molecule has 6 rings (SSSR count). The van der Waals surface area contributed by atoms with Gasteiger partial charge >= 0.3 is 6.09 Å². The summed E-state index contributed by atoms with van der Waals surface area (Å²) in [5, 5.41) is 11.3. The number of aryl methyl sites for hydroxylation is 1. The van der Waals surface area contributed by atoms with E-state index in [9.17, 15) is 18.7 Å². The Morgan fingerprint density at radius 3 is 2.14 bits per heavy atom.